The second kappa shape index (κ2) is 8.57. The van der Waals surface area contributed by atoms with Crippen molar-refractivity contribution < 1.29 is 19.1 Å². The lowest BCUT2D eigenvalue weighted by Crippen LogP contribution is -2.46. The maximum atomic E-state index is 12.1. The summed E-state index contributed by atoms with van der Waals surface area (Å²) in [5, 5.41) is 0. The minimum Gasteiger partial charge on any atom is -0.493 e. The van der Waals surface area contributed by atoms with Gasteiger partial charge in [-0.25, -0.2) is 0 Å². The van der Waals surface area contributed by atoms with Crippen molar-refractivity contribution in [2.24, 2.45) is 11.3 Å². The molecule has 0 aliphatic carbocycles. The summed E-state index contributed by atoms with van der Waals surface area (Å²) in [7, 11) is 1.52. The first-order valence-corrected chi connectivity index (χ1v) is 8.06. The SMILES string of the molecule is COc1cc(C(=O)NNC(=O)C(C)(C)C)ccc1OCCC(C)C. The molecule has 0 radical (unpaired) electrons. The molecule has 0 saturated carbocycles. The Morgan fingerprint density at radius 3 is 2.33 bits per heavy atom. The first-order valence-electron chi connectivity index (χ1n) is 8.06. The summed E-state index contributed by atoms with van der Waals surface area (Å²) in [5.74, 6) is 0.936. The number of rotatable bonds is 6. The molecule has 6 heteroatoms. The molecule has 6 nitrogen and oxygen atoms in total. The van der Waals surface area contributed by atoms with E-state index in [0.29, 0.717) is 29.6 Å². The quantitative estimate of drug-likeness (QED) is 0.783. The lowest BCUT2D eigenvalue weighted by Gasteiger charge is -2.18. The predicted molar refractivity (Wildman–Crippen MR) is 93.0 cm³/mol. The summed E-state index contributed by atoms with van der Waals surface area (Å²) in [6, 6.07) is 4.91. The average Bonchev–Trinajstić information content (AvgIpc) is 2.51. The minimum atomic E-state index is -0.584. The highest BCUT2D eigenvalue weighted by atomic mass is 16.5. The number of methoxy groups -OCH3 is 1. The van der Waals surface area contributed by atoms with E-state index in [4.69, 9.17) is 9.47 Å². The predicted octanol–water partition coefficient (Wildman–Crippen LogP) is 2.93. The van der Waals surface area contributed by atoms with Crippen LogP contribution in [0.4, 0.5) is 0 Å². The van der Waals surface area contributed by atoms with E-state index in [1.165, 1.54) is 7.11 Å². The van der Waals surface area contributed by atoms with Crippen LogP contribution < -0.4 is 20.3 Å². The topological polar surface area (TPSA) is 76.7 Å². The number of hydrogen-bond donors (Lipinski definition) is 2. The van der Waals surface area contributed by atoms with Gasteiger partial charge in [-0.15, -0.1) is 0 Å². The molecule has 0 bridgehead atoms. The van der Waals surface area contributed by atoms with Crippen LogP contribution in [0.25, 0.3) is 0 Å². The molecule has 0 aliphatic heterocycles. The fraction of sp³-hybridized carbons (Fsp3) is 0.556. The van der Waals surface area contributed by atoms with E-state index in [1.54, 1.807) is 39.0 Å². The summed E-state index contributed by atoms with van der Waals surface area (Å²) in [5.41, 5.74) is 4.60. The Bertz CT molecular complexity index is 577. The largest absolute Gasteiger partial charge is 0.493 e. The van der Waals surface area contributed by atoms with E-state index in [9.17, 15) is 9.59 Å². The average molecular weight is 336 g/mol. The van der Waals surface area contributed by atoms with Crippen LogP contribution in [0.3, 0.4) is 0 Å². The van der Waals surface area contributed by atoms with Crippen LogP contribution in [0, 0.1) is 11.3 Å². The van der Waals surface area contributed by atoms with Crippen molar-refractivity contribution >= 4 is 11.8 Å². The third-order valence-corrected chi connectivity index (χ3v) is 3.35. The molecule has 1 aromatic rings. The van der Waals surface area contributed by atoms with Crippen molar-refractivity contribution in [3.05, 3.63) is 23.8 Å². The molecule has 2 N–H and O–H groups in total. The first kappa shape index (κ1) is 19.8. The highest BCUT2D eigenvalue weighted by Crippen LogP contribution is 2.28. The maximum Gasteiger partial charge on any atom is 0.269 e. The zero-order valence-corrected chi connectivity index (χ0v) is 15.4. The summed E-state index contributed by atoms with van der Waals surface area (Å²) >= 11 is 0. The molecular formula is C18H28N2O4. The van der Waals surface area contributed by atoms with Gasteiger partial charge in [0.05, 0.1) is 13.7 Å². The van der Waals surface area contributed by atoms with Gasteiger partial charge in [0, 0.05) is 11.0 Å². The second-order valence-corrected chi connectivity index (χ2v) is 7.05. The number of hydrazine groups is 1. The van der Waals surface area contributed by atoms with Crippen molar-refractivity contribution in [2.45, 2.75) is 41.0 Å². The third kappa shape index (κ3) is 6.10. The first-order chi connectivity index (χ1) is 11.1. The smallest absolute Gasteiger partial charge is 0.269 e. The number of carbonyl (C=O) groups is 2. The van der Waals surface area contributed by atoms with Gasteiger partial charge in [0.15, 0.2) is 11.5 Å². The molecule has 0 unspecified atom stereocenters. The maximum absolute atomic E-state index is 12.1. The molecule has 1 rings (SSSR count). The number of hydrogen-bond acceptors (Lipinski definition) is 4. The number of carbonyl (C=O) groups excluding carboxylic acids is 2. The molecule has 1 aromatic carbocycles. The van der Waals surface area contributed by atoms with Gasteiger partial charge < -0.3 is 9.47 Å². The molecule has 0 fully saturated rings. The Kier molecular flexibility index (Phi) is 7.07. The molecule has 2 amide bonds. The monoisotopic (exact) mass is 336 g/mol. The molecule has 0 aliphatic rings. The molecule has 0 saturated heterocycles. The van der Waals surface area contributed by atoms with Gasteiger partial charge in [0.2, 0.25) is 5.91 Å². The lowest BCUT2D eigenvalue weighted by molar-refractivity contribution is -0.129. The van der Waals surface area contributed by atoms with Crippen molar-refractivity contribution in [3.8, 4) is 11.5 Å². The number of nitrogens with one attached hydrogen (secondary N) is 2. The second-order valence-electron chi connectivity index (χ2n) is 7.05. The van der Waals surface area contributed by atoms with E-state index >= 15 is 0 Å². The van der Waals surface area contributed by atoms with Gasteiger partial charge in [-0.2, -0.15) is 0 Å². The van der Waals surface area contributed by atoms with Gasteiger partial charge in [-0.1, -0.05) is 34.6 Å². The van der Waals surface area contributed by atoms with E-state index < -0.39 is 11.3 Å². The molecule has 0 atom stereocenters. The Balaban J connectivity index is 2.72. The van der Waals surface area contributed by atoms with Gasteiger partial charge in [-0.05, 0) is 30.5 Å². The Hall–Kier alpha value is -2.24. The van der Waals surface area contributed by atoms with Crippen LogP contribution >= 0.6 is 0 Å². The van der Waals surface area contributed by atoms with E-state index in [0.717, 1.165) is 6.42 Å². The fourth-order valence-corrected chi connectivity index (χ4v) is 1.71. The summed E-state index contributed by atoms with van der Waals surface area (Å²) in [6.07, 6.45) is 0.935. The Morgan fingerprint density at radius 2 is 1.79 bits per heavy atom. The Morgan fingerprint density at radius 1 is 1.12 bits per heavy atom. The normalized spacial score (nSPS) is 11.1. The number of ether oxygens (including phenoxy) is 2. The zero-order chi connectivity index (χ0) is 18.3. The van der Waals surface area contributed by atoms with Crippen LogP contribution in [-0.2, 0) is 4.79 Å². The zero-order valence-electron chi connectivity index (χ0n) is 15.4. The van der Waals surface area contributed by atoms with Crippen molar-refractivity contribution in [2.75, 3.05) is 13.7 Å². The molecule has 24 heavy (non-hydrogen) atoms. The van der Waals surface area contributed by atoms with Crippen LogP contribution in [0.2, 0.25) is 0 Å². The van der Waals surface area contributed by atoms with E-state index in [-0.39, 0.29) is 5.91 Å². The standard InChI is InChI=1S/C18H28N2O4/c1-12(2)9-10-24-14-8-7-13(11-15(14)23-6)16(21)19-20-17(22)18(3,4)5/h7-8,11-12H,9-10H2,1-6H3,(H,19,21)(H,20,22). The fourth-order valence-electron chi connectivity index (χ4n) is 1.71. The molecule has 0 spiro atoms. The number of amides is 2. The summed E-state index contributed by atoms with van der Waals surface area (Å²) in [6.45, 7) is 10.1. The number of benzene rings is 1. The van der Waals surface area contributed by atoms with Crippen LogP contribution in [0.5, 0.6) is 11.5 Å². The highest BCUT2D eigenvalue weighted by molar-refractivity contribution is 5.96. The molecule has 0 heterocycles. The molecule has 134 valence electrons. The van der Waals surface area contributed by atoms with Crippen LogP contribution in [0.1, 0.15) is 51.4 Å². The lowest BCUT2D eigenvalue weighted by atomic mass is 9.96. The Labute approximate surface area is 143 Å². The van der Waals surface area contributed by atoms with Gasteiger partial charge in [0.25, 0.3) is 5.91 Å². The highest BCUT2D eigenvalue weighted by Gasteiger charge is 2.21. The summed E-state index contributed by atoms with van der Waals surface area (Å²) in [4.78, 5) is 23.9. The van der Waals surface area contributed by atoms with Gasteiger partial charge in [0.1, 0.15) is 0 Å². The van der Waals surface area contributed by atoms with Crippen LogP contribution in [0.15, 0.2) is 18.2 Å². The van der Waals surface area contributed by atoms with Gasteiger partial charge in [-0.3, -0.25) is 20.4 Å². The van der Waals surface area contributed by atoms with Crippen LogP contribution in [-0.4, -0.2) is 25.5 Å². The van der Waals surface area contributed by atoms with Crippen molar-refractivity contribution in [1.29, 1.82) is 0 Å². The molecular weight excluding hydrogens is 308 g/mol. The third-order valence-electron chi connectivity index (χ3n) is 3.35. The van der Waals surface area contributed by atoms with E-state index in [2.05, 4.69) is 24.7 Å². The van der Waals surface area contributed by atoms with Crippen molar-refractivity contribution in [3.63, 3.8) is 0 Å². The van der Waals surface area contributed by atoms with Gasteiger partial charge >= 0.3 is 0 Å². The summed E-state index contributed by atoms with van der Waals surface area (Å²) < 4.78 is 11.0. The van der Waals surface area contributed by atoms with Crippen molar-refractivity contribution in [1.82, 2.24) is 10.9 Å². The minimum absolute atomic E-state index is 0.267. The molecule has 0 aromatic heterocycles. The van der Waals surface area contributed by atoms with E-state index in [1.807, 2.05) is 0 Å².